The summed E-state index contributed by atoms with van der Waals surface area (Å²) in [5.74, 6) is 0. The number of hydrogen-bond acceptors (Lipinski definition) is 4. The SMILES string of the molecule is Cc1ccc2ccc(-c3nc(C#N)ccc3-c3cnn(CC(C)(C)C)c3)cc2n1. The molecular formula is C24H23N5. The van der Waals surface area contributed by atoms with Crippen LogP contribution in [0.4, 0.5) is 0 Å². The first-order valence-electron chi connectivity index (χ1n) is 9.64. The molecule has 4 aromatic rings. The van der Waals surface area contributed by atoms with Gasteiger partial charge in [-0.15, -0.1) is 0 Å². The molecule has 0 aliphatic heterocycles. The zero-order chi connectivity index (χ0) is 20.6. The summed E-state index contributed by atoms with van der Waals surface area (Å²) in [7, 11) is 0. The molecule has 0 atom stereocenters. The lowest BCUT2D eigenvalue weighted by atomic mass is 9.97. The number of hydrogen-bond donors (Lipinski definition) is 0. The monoisotopic (exact) mass is 381 g/mol. The molecule has 0 amide bonds. The molecular weight excluding hydrogens is 358 g/mol. The van der Waals surface area contributed by atoms with Gasteiger partial charge in [0.25, 0.3) is 0 Å². The molecule has 0 radical (unpaired) electrons. The lowest BCUT2D eigenvalue weighted by Crippen LogP contribution is -2.15. The highest BCUT2D eigenvalue weighted by atomic mass is 15.3. The van der Waals surface area contributed by atoms with Gasteiger partial charge in [-0.25, -0.2) is 4.98 Å². The summed E-state index contributed by atoms with van der Waals surface area (Å²) in [5.41, 5.74) is 6.06. The molecule has 0 saturated heterocycles. The van der Waals surface area contributed by atoms with E-state index in [0.717, 1.165) is 45.5 Å². The van der Waals surface area contributed by atoms with Crippen molar-refractivity contribution in [3.63, 3.8) is 0 Å². The van der Waals surface area contributed by atoms with Crippen molar-refractivity contribution in [2.45, 2.75) is 34.2 Å². The Bertz CT molecular complexity index is 1240. The molecule has 0 saturated carbocycles. The summed E-state index contributed by atoms with van der Waals surface area (Å²) in [4.78, 5) is 9.27. The molecule has 0 fully saturated rings. The van der Waals surface area contributed by atoms with Crippen molar-refractivity contribution in [2.75, 3.05) is 0 Å². The first kappa shape index (κ1) is 18.8. The van der Waals surface area contributed by atoms with Gasteiger partial charge in [-0.3, -0.25) is 9.67 Å². The highest BCUT2D eigenvalue weighted by Crippen LogP contribution is 2.32. The standard InChI is InChI=1S/C24H23N5/c1-16-5-6-17-7-8-18(11-22(17)27-16)23-21(10-9-20(12-25)28-23)19-13-26-29(14-19)15-24(2,3)4/h5-11,13-14H,15H2,1-4H3. The number of nitriles is 1. The number of benzene rings is 1. The fraction of sp³-hybridized carbons (Fsp3) is 0.250. The molecule has 29 heavy (non-hydrogen) atoms. The van der Waals surface area contributed by atoms with E-state index in [1.54, 1.807) is 6.07 Å². The lowest BCUT2D eigenvalue weighted by Gasteiger charge is -2.17. The van der Waals surface area contributed by atoms with E-state index in [-0.39, 0.29) is 5.41 Å². The Balaban J connectivity index is 1.84. The van der Waals surface area contributed by atoms with Crippen LogP contribution in [-0.2, 0) is 6.54 Å². The molecule has 0 aliphatic rings. The predicted molar refractivity (Wildman–Crippen MR) is 115 cm³/mol. The summed E-state index contributed by atoms with van der Waals surface area (Å²) < 4.78 is 1.96. The first-order chi connectivity index (χ1) is 13.8. The Morgan fingerprint density at radius 2 is 1.79 bits per heavy atom. The fourth-order valence-corrected chi connectivity index (χ4v) is 3.42. The van der Waals surface area contributed by atoms with Crippen molar-refractivity contribution in [2.24, 2.45) is 5.41 Å². The van der Waals surface area contributed by atoms with Crippen LogP contribution in [0.2, 0.25) is 0 Å². The maximum absolute atomic E-state index is 9.37. The Hall–Kier alpha value is -3.52. The second kappa shape index (κ2) is 7.14. The Morgan fingerprint density at radius 3 is 2.55 bits per heavy atom. The number of fused-ring (bicyclic) bond motifs is 1. The minimum atomic E-state index is 0.136. The van der Waals surface area contributed by atoms with Crippen molar-refractivity contribution < 1.29 is 0 Å². The third kappa shape index (κ3) is 4.02. The largest absolute Gasteiger partial charge is 0.272 e. The van der Waals surface area contributed by atoms with Crippen molar-refractivity contribution in [3.8, 4) is 28.5 Å². The predicted octanol–water partition coefficient (Wildman–Crippen LogP) is 5.39. The number of aryl methyl sites for hydroxylation is 1. The molecule has 3 aromatic heterocycles. The van der Waals surface area contributed by atoms with E-state index in [1.165, 1.54) is 0 Å². The van der Waals surface area contributed by atoms with Crippen LogP contribution < -0.4 is 0 Å². The number of rotatable bonds is 3. The maximum atomic E-state index is 9.37. The minimum absolute atomic E-state index is 0.136. The highest BCUT2D eigenvalue weighted by Gasteiger charge is 2.16. The molecule has 0 N–H and O–H groups in total. The van der Waals surface area contributed by atoms with E-state index in [2.05, 4.69) is 48.0 Å². The van der Waals surface area contributed by atoms with Crippen LogP contribution in [0.3, 0.4) is 0 Å². The lowest BCUT2D eigenvalue weighted by molar-refractivity contribution is 0.325. The number of nitrogens with zero attached hydrogens (tertiary/aromatic N) is 5. The summed E-state index contributed by atoms with van der Waals surface area (Å²) in [6, 6.07) is 16.0. The molecule has 0 spiro atoms. The molecule has 3 heterocycles. The van der Waals surface area contributed by atoms with E-state index in [1.807, 2.05) is 54.3 Å². The summed E-state index contributed by atoms with van der Waals surface area (Å²) in [5, 5.41) is 15.0. The van der Waals surface area contributed by atoms with Crippen LogP contribution >= 0.6 is 0 Å². The average Bonchev–Trinajstić information content (AvgIpc) is 3.13. The van der Waals surface area contributed by atoms with E-state index in [0.29, 0.717) is 5.69 Å². The third-order valence-electron chi connectivity index (χ3n) is 4.70. The van der Waals surface area contributed by atoms with Gasteiger partial charge < -0.3 is 0 Å². The van der Waals surface area contributed by atoms with E-state index >= 15 is 0 Å². The zero-order valence-electron chi connectivity index (χ0n) is 17.1. The minimum Gasteiger partial charge on any atom is -0.272 e. The van der Waals surface area contributed by atoms with Gasteiger partial charge in [0.05, 0.1) is 17.4 Å². The van der Waals surface area contributed by atoms with Gasteiger partial charge in [0, 0.05) is 40.5 Å². The maximum Gasteiger partial charge on any atom is 0.141 e. The van der Waals surface area contributed by atoms with Crippen LogP contribution in [-0.4, -0.2) is 19.7 Å². The Morgan fingerprint density at radius 1 is 1.00 bits per heavy atom. The molecule has 0 bridgehead atoms. The van der Waals surface area contributed by atoms with Gasteiger partial charge in [0.2, 0.25) is 0 Å². The zero-order valence-corrected chi connectivity index (χ0v) is 17.1. The third-order valence-corrected chi connectivity index (χ3v) is 4.70. The smallest absolute Gasteiger partial charge is 0.141 e. The fourth-order valence-electron chi connectivity index (χ4n) is 3.42. The average molecular weight is 381 g/mol. The molecule has 144 valence electrons. The van der Waals surface area contributed by atoms with Crippen molar-refractivity contribution in [1.29, 1.82) is 5.26 Å². The molecule has 5 heteroatoms. The molecule has 0 aliphatic carbocycles. The van der Waals surface area contributed by atoms with Crippen molar-refractivity contribution in [3.05, 3.63) is 66.2 Å². The van der Waals surface area contributed by atoms with E-state index in [4.69, 9.17) is 0 Å². The van der Waals surface area contributed by atoms with Crippen LogP contribution in [0.15, 0.2) is 54.9 Å². The van der Waals surface area contributed by atoms with Gasteiger partial charge in [0.1, 0.15) is 11.8 Å². The summed E-state index contributed by atoms with van der Waals surface area (Å²) in [6.07, 6.45) is 3.91. The van der Waals surface area contributed by atoms with Gasteiger partial charge in [-0.05, 0) is 36.6 Å². The van der Waals surface area contributed by atoms with E-state index < -0.39 is 0 Å². The number of aromatic nitrogens is 4. The van der Waals surface area contributed by atoms with Crippen molar-refractivity contribution in [1.82, 2.24) is 19.7 Å². The summed E-state index contributed by atoms with van der Waals surface area (Å²) >= 11 is 0. The first-order valence-corrected chi connectivity index (χ1v) is 9.64. The van der Waals surface area contributed by atoms with Crippen molar-refractivity contribution >= 4 is 10.9 Å². The van der Waals surface area contributed by atoms with Gasteiger partial charge >= 0.3 is 0 Å². The van der Waals surface area contributed by atoms with Crippen LogP contribution in [0.25, 0.3) is 33.3 Å². The molecule has 1 aromatic carbocycles. The second-order valence-electron chi connectivity index (χ2n) is 8.55. The Kier molecular flexibility index (Phi) is 4.63. The van der Waals surface area contributed by atoms with Crippen LogP contribution in [0.5, 0.6) is 0 Å². The topological polar surface area (TPSA) is 67.4 Å². The Labute approximate surface area is 170 Å². The summed E-state index contributed by atoms with van der Waals surface area (Å²) in [6.45, 7) is 9.37. The van der Waals surface area contributed by atoms with Gasteiger partial charge in [0.15, 0.2) is 0 Å². The second-order valence-corrected chi connectivity index (χ2v) is 8.55. The van der Waals surface area contributed by atoms with Gasteiger partial charge in [-0.2, -0.15) is 10.4 Å². The normalized spacial score (nSPS) is 11.6. The van der Waals surface area contributed by atoms with Gasteiger partial charge in [-0.1, -0.05) is 39.0 Å². The quantitative estimate of drug-likeness (QED) is 0.477. The molecule has 0 unspecified atom stereocenters. The highest BCUT2D eigenvalue weighted by molar-refractivity contribution is 5.88. The molecule has 4 rings (SSSR count). The number of pyridine rings is 2. The van der Waals surface area contributed by atoms with Crippen LogP contribution in [0, 0.1) is 23.7 Å². The molecule has 5 nitrogen and oxygen atoms in total. The van der Waals surface area contributed by atoms with E-state index in [9.17, 15) is 5.26 Å². The van der Waals surface area contributed by atoms with Crippen LogP contribution in [0.1, 0.15) is 32.2 Å².